The van der Waals surface area contributed by atoms with E-state index < -0.39 is 4.92 Å². The van der Waals surface area contributed by atoms with Crippen molar-refractivity contribution in [2.24, 2.45) is 0 Å². The minimum atomic E-state index is -0.589. The number of anilines is 1. The van der Waals surface area contributed by atoms with Crippen molar-refractivity contribution in [3.05, 3.63) is 33.9 Å². The molecule has 0 aliphatic carbocycles. The molecule has 1 aromatic carbocycles. The molecule has 1 saturated heterocycles. The van der Waals surface area contributed by atoms with Crippen molar-refractivity contribution in [1.29, 1.82) is 0 Å². The highest BCUT2D eigenvalue weighted by molar-refractivity contribution is 6.00. The molecule has 2 N–H and O–H groups in total. The number of nitro groups is 1. The van der Waals surface area contributed by atoms with Crippen molar-refractivity contribution in [2.75, 3.05) is 31.9 Å². The van der Waals surface area contributed by atoms with Crippen LogP contribution in [-0.2, 0) is 0 Å². The minimum Gasteiger partial charge on any atom is -0.393 e. The molecular formula is C14H20N4O3. The molecule has 7 heteroatoms. The van der Waals surface area contributed by atoms with Gasteiger partial charge < -0.3 is 10.6 Å². The Labute approximate surface area is 123 Å². The van der Waals surface area contributed by atoms with E-state index in [2.05, 4.69) is 18.7 Å². The number of hydrogen-bond donors (Lipinski definition) is 1. The van der Waals surface area contributed by atoms with Gasteiger partial charge in [-0.3, -0.25) is 19.8 Å². The summed E-state index contributed by atoms with van der Waals surface area (Å²) in [4.78, 5) is 27.1. The molecule has 0 saturated carbocycles. The summed E-state index contributed by atoms with van der Waals surface area (Å²) in [5.74, 6) is -0.323. The van der Waals surface area contributed by atoms with Gasteiger partial charge in [-0.1, -0.05) is 13.0 Å². The fourth-order valence-electron chi connectivity index (χ4n) is 2.76. The summed E-state index contributed by atoms with van der Waals surface area (Å²) in [7, 11) is 0. The van der Waals surface area contributed by atoms with Gasteiger partial charge in [0.2, 0.25) is 0 Å². The van der Waals surface area contributed by atoms with Crippen LogP contribution in [0.1, 0.15) is 24.2 Å². The van der Waals surface area contributed by atoms with Gasteiger partial charge in [-0.05, 0) is 25.6 Å². The summed E-state index contributed by atoms with van der Waals surface area (Å²) >= 11 is 0. The first-order valence-electron chi connectivity index (χ1n) is 7.01. The first kappa shape index (κ1) is 15.2. The van der Waals surface area contributed by atoms with Gasteiger partial charge in [0, 0.05) is 25.7 Å². The van der Waals surface area contributed by atoms with E-state index in [0.29, 0.717) is 13.1 Å². The van der Waals surface area contributed by atoms with Crippen LogP contribution in [0, 0.1) is 10.1 Å². The predicted octanol–water partition coefficient (Wildman–Crippen LogP) is 1.34. The van der Waals surface area contributed by atoms with Crippen LogP contribution in [0.15, 0.2) is 18.2 Å². The highest BCUT2D eigenvalue weighted by Gasteiger charge is 2.31. The fraction of sp³-hybridized carbons (Fsp3) is 0.500. The zero-order valence-corrected chi connectivity index (χ0v) is 12.3. The van der Waals surface area contributed by atoms with Gasteiger partial charge in [0.15, 0.2) is 0 Å². The van der Waals surface area contributed by atoms with E-state index in [1.54, 1.807) is 11.0 Å². The highest BCUT2D eigenvalue weighted by atomic mass is 16.6. The Morgan fingerprint density at radius 3 is 2.76 bits per heavy atom. The molecule has 0 bridgehead atoms. The summed E-state index contributed by atoms with van der Waals surface area (Å²) in [6, 6.07) is 4.72. The van der Waals surface area contributed by atoms with Crippen LogP contribution in [0.4, 0.5) is 11.4 Å². The Balaban J connectivity index is 2.26. The number of hydrogen-bond acceptors (Lipinski definition) is 5. The van der Waals surface area contributed by atoms with Crippen LogP contribution in [0.5, 0.6) is 0 Å². The molecule has 1 fully saturated rings. The third-order valence-electron chi connectivity index (χ3n) is 3.94. The van der Waals surface area contributed by atoms with E-state index in [4.69, 9.17) is 5.73 Å². The van der Waals surface area contributed by atoms with Crippen molar-refractivity contribution >= 4 is 17.3 Å². The van der Waals surface area contributed by atoms with Crippen LogP contribution in [0.3, 0.4) is 0 Å². The molecule has 7 nitrogen and oxygen atoms in total. The summed E-state index contributed by atoms with van der Waals surface area (Å²) in [6.45, 7) is 6.98. The number of piperazine rings is 1. The number of likely N-dealkylation sites (N-methyl/N-ethyl adjacent to an activating group) is 1. The number of nitrogens with two attached hydrogens (primary N) is 1. The number of benzene rings is 1. The maximum Gasteiger partial charge on any atom is 0.304 e. The average molecular weight is 292 g/mol. The standard InChI is InChI=1S/C14H20N4O3/c1-3-16-7-8-17(9-10(16)2)14(19)11-5-4-6-12(15)13(11)18(20)21/h4-6,10H,3,7-9,15H2,1-2H3. The van der Waals surface area contributed by atoms with Crippen LogP contribution in [0.25, 0.3) is 0 Å². The second-order valence-corrected chi connectivity index (χ2v) is 5.23. The lowest BCUT2D eigenvalue weighted by Crippen LogP contribution is -2.53. The molecule has 0 radical (unpaired) electrons. The van der Waals surface area contributed by atoms with Crippen molar-refractivity contribution in [2.45, 2.75) is 19.9 Å². The monoisotopic (exact) mass is 292 g/mol. The zero-order valence-electron chi connectivity index (χ0n) is 12.3. The number of amides is 1. The van der Waals surface area contributed by atoms with E-state index >= 15 is 0 Å². The van der Waals surface area contributed by atoms with Crippen LogP contribution >= 0.6 is 0 Å². The van der Waals surface area contributed by atoms with Crippen molar-refractivity contribution in [1.82, 2.24) is 9.80 Å². The molecule has 0 spiro atoms. The van der Waals surface area contributed by atoms with Gasteiger partial charge in [0.25, 0.3) is 5.91 Å². The summed E-state index contributed by atoms with van der Waals surface area (Å²) in [5.41, 5.74) is 5.43. The SMILES string of the molecule is CCN1CCN(C(=O)c2cccc(N)c2[N+](=O)[O-])CC1C. The number of para-hydroxylation sites is 1. The Morgan fingerprint density at radius 1 is 1.48 bits per heavy atom. The Morgan fingerprint density at radius 2 is 2.19 bits per heavy atom. The quantitative estimate of drug-likeness (QED) is 0.515. The Kier molecular flexibility index (Phi) is 4.42. The smallest absolute Gasteiger partial charge is 0.304 e. The summed E-state index contributed by atoms with van der Waals surface area (Å²) < 4.78 is 0. The minimum absolute atomic E-state index is 0.0195. The van der Waals surface area contributed by atoms with Gasteiger partial charge in [0.1, 0.15) is 11.3 Å². The molecule has 1 aromatic rings. The largest absolute Gasteiger partial charge is 0.393 e. The number of rotatable bonds is 3. The first-order valence-corrected chi connectivity index (χ1v) is 7.01. The predicted molar refractivity (Wildman–Crippen MR) is 80.1 cm³/mol. The second-order valence-electron chi connectivity index (χ2n) is 5.23. The van der Waals surface area contributed by atoms with E-state index in [1.165, 1.54) is 12.1 Å². The normalized spacial score (nSPS) is 19.5. The number of carbonyl (C=O) groups is 1. The van der Waals surface area contributed by atoms with Gasteiger partial charge in [-0.15, -0.1) is 0 Å². The van der Waals surface area contributed by atoms with E-state index in [9.17, 15) is 14.9 Å². The van der Waals surface area contributed by atoms with Crippen molar-refractivity contribution < 1.29 is 9.72 Å². The van der Waals surface area contributed by atoms with Crippen molar-refractivity contribution in [3.8, 4) is 0 Å². The van der Waals surface area contributed by atoms with Crippen LogP contribution in [0.2, 0.25) is 0 Å². The van der Waals surface area contributed by atoms with E-state index in [-0.39, 0.29) is 28.9 Å². The lowest BCUT2D eigenvalue weighted by atomic mass is 10.1. The maximum absolute atomic E-state index is 12.6. The van der Waals surface area contributed by atoms with Gasteiger partial charge >= 0.3 is 5.69 Å². The molecule has 1 heterocycles. The first-order chi connectivity index (χ1) is 9.95. The molecule has 114 valence electrons. The number of nitrogen functional groups attached to an aromatic ring is 1. The maximum atomic E-state index is 12.6. The molecule has 1 aliphatic heterocycles. The number of nitrogens with zero attached hydrogens (tertiary/aromatic N) is 3. The highest BCUT2D eigenvalue weighted by Crippen LogP contribution is 2.27. The van der Waals surface area contributed by atoms with Gasteiger partial charge in [0.05, 0.1) is 4.92 Å². The average Bonchev–Trinajstić information content (AvgIpc) is 2.45. The van der Waals surface area contributed by atoms with Crippen LogP contribution < -0.4 is 5.73 Å². The molecule has 1 atom stereocenters. The molecule has 1 aliphatic rings. The lowest BCUT2D eigenvalue weighted by molar-refractivity contribution is -0.384. The van der Waals surface area contributed by atoms with Crippen LogP contribution in [-0.4, -0.2) is 52.9 Å². The molecule has 2 rings (SSSR count). The zero-order chi connectivity index (χ0) is 15.6. The summed E-state index contributed by atoms with van der Waals surface area (Å²) in [5, 5.41) is 11.1. The summed E-state index contributed by atoms with van der Waals surface area (Å²) in [6.07, 6.45) is 0. The third kappa shape index (κ3) is 2.97. The molecular weight excluding hydrogens is 272 g/mol. The Hall–Kier alpha value is -2.15. The third-order valence-corrected chi connectivity index (χ3v) is 3.94. The number of nitro benzene ring substituents is 1. The van der Waals surface area contributed by atoms with E-state index in [0.717, 1.165) is 13.1 Å². The second kappa shape index (κ2) is 6.09. The van der Waals surface area contributed by atoms with Crippen molar-refractivity contribution in [3.63, 3.8) is 0 Å². The molecule has 1 amide bonds. The number of carbonyl (C=O) groups excluding carboxylic acids is 1. The fourth-order valence-corrected chi connectivity index (χ4v) is 2.76. The molecule has 21 heavy (non-hydrogen) atoms. The lowest BCUT2D eigenvalue weighted by Gasteiger charge is -2.39. The topological polar surface area (TPSA) is 92.7 Å². The Bertz CT molecular complexity index is 561. The van der Waals surface area contributed by atoms with E-state index in [1.807, 2.05) is 0 Å². The van der Waals surface area contributed by atoms with Gasteiger partial charge in [-0.25, -0.2) is 0 Å². The van der Waals surface area contributed by atoms with Gasteiger partial charge in [-0.2, -0.15) is 0 Å². The molecule has 0 aromatic heterocycles. The molecule has 1 unspecified atom stereocenters.